The number of ether oxygens (including phenoxy) is 1. The minimum absolute atomic E-state index is 0.338. The lowest BCUT2D eigenvalue weighted by molar-refractivity contribution is -0.00465. The van der Waals surface area contributed by atoms with E-state index >= 15 is 0 Å². The second-order valence-electron chi connectivity index (χ2n) is 5.52. The predicted octanol–water partition coefficient (Wildman–Crippen LogP) is 2.50. The van der Waals surface area contributed by atoms with E-state index in [2.05, 4.69) is 18.0 Å². The van der Waals surface area contributed by atoms with Gasteiger partial charge in [-0.1, -0.05) is 18.2 Å². The summed E-state index contributed by atoms with van der Waals surface area (Å²) >= 11 is 0. The quantitative estimate of drug-likeness (QED) is 0.930. The van der Waals surface area contributed by atoms with Crippen LogP contribution in [0.25, 0.3) is 11.0 Å². The first-order valence-electron chi connectivity index (χ1n) is 7.27. The second kappa shape index (κ2) is 5.95. The Morgan fingerprint density at radius 3 is 2.80 bits per heavy atom. The van der Waals surface area contributed by atoms with Gasteiger partial charge in [-0.25, -0.2) is 0 Å². The molecule has 0 radical (unpaired) electrons. The molecule has 4 heteroatoms. The first kappa shape index (κ1) is 13.6. The largest absolute Gasteiger partial charge is 0.458 e. The van der Waals surface area contributed by atoms with E-state index in [9.17, 15) is 0 Å². The van der Waals surface area contributed by atoms with Crippen LogP contribution in [0.15, 0.2) is 28.7 Å². The van der Waals surface area contributed by atoms with E-state index in [0.717, 1.165) is 48.2 Å². The third-order valence-electron chi connectivity index (χ3n) is 4.10. The van der Waals surface area contributed by atoms with Gasteiger partial charge in [-0.15, -0.1) is 0 Å². The zero-order valence-electron chi connectivity index (χ0n) is 12.0. The fourth-order valence-corrected chi connectivity index (χ4v) is 2.83. The Labute approximate surface area is 119 Å². The third kappa shape index (κ3) is 2.73. The SMILES string of the molecule is CN1CCC(OCc2oc3ccccc3c2CN)CC1. The average Bonchev–Trinajstić information content (AvgIpc) is 2.84. The van der Waals surface area contributed by atoms with Crippen molar-refractivity contribution >= 4 is 11.0 Å². The summed E-state index contributed by atoms with van der Waals surface area (Å²) in [4.78, 5) is 2.34. The number of rotatable bonds is 4. The van der Waals surface area contributed by atoms with Crippen LogP contribution < -0.4 is 5.73 Å². The van der Waals surface area contributed by atoms with Crippen LogP contribution in [-0.4, -0.2) is 31.1 Å². The smallest absolute Gasteiger partial charge is 0.135 e. The van der Waals surface area contributed by atoms with Crippen molar-refractivity contribution in [3.8, 4) is 0 Å². The van der Waals surface area contributed by atoms with Gasteiger partial charge in [-0.3, -0.25) is 0 Å². The molecule has 1 fully saturated rings. The molecule has 1 aromatic heterocycles. The van der Waals surface area contributed by atoms with E-state index in [0.29, 0.717) is 19.3 Å². The lowest BCUT2D eigenvalue weighted by atomic mass is 10.1. The van der Waals surface area contributed by atoms with E-state index in [-0.39, 0.29) is 0 Å². The van der Waals surface area contributed by atoms with Gasteiger partial charge in [0, 0.05) is 30.6 Å². The summed E-state index contributed by atoms with van der Waals surface area (Å²) in [7, 11) is 2.15. The highest BCUT2D eigenvalue weighted by atomic mass is 16.5. The third-order valence-corrected chi connectivity index (χ3v) is 4.10. The minimum atomic E-state index is 0.338. The Morgan fingerprint density at radius 2 is 2.05 bits per heavy atom. The molecule has 2 N–H and O–H groups in total. The fourth-order valence-electron chi connectivity index (χ4n) is 2.83. The van der Waals surface area contributed by atoms with Crippen LogP contribution in [-0.2, 0) is 17.9 Å². The number of nitrogens with two attached hydrogens (primary N) is 1. The van der Waals surface area contributed by atoms with Gasteiger partial charge in [0.25, 0.3) is 0 Å². The lowest BCUT2D eigenvalue weighted by Gasteiger charge is -2.28. The van der Waals surface area contributed by atoms with Crippen molar-refractivity contribution in [3.05, 3.63) is 35.6 Å². The van der Waals surface area contributed by atoms with Gasteiger partial charge in [0.1, 0.15) is 18.0 Å². The highest BCUT2D eigenvalue weighted by Gasteiger charge is 2.19. The van der Waals surface area contributed by atoms with Crippen molar-refractivity contribution < 1.29 is 9.15 Å². The maximum absolute atomic E-state index is 6.01. The molecular weight excluding hydrogens is 252 g/mol. The molecule has 2 heterocycles. The predicted molar refractivity (Wildman–Crippen MR) is 79.4 cm³/mol. The van der Waals surface area contributed by atoms with Crippen LogP contribution >= 0.6 is 0 Å². The molecule has 0 unspecified atom stereocenters. The van der Waals surface area contributed by atoms with Gasteiger partial charge < -0.3 is 19.8 Å². The van der Waals surface area contributed by atoms with Crippen LogP contribution in [0.2, 0.25) is 0 Å². The molecule has 1 saturated heterocycles. The molecule has 1 aliphatic rings. The first-order valence-corrected chi connectivity index (χ1v) is 7.27. The Morgan fingerprint density at radius 1 is 1.30 bits per heavy atom. The number of likely N-dealkylation sites (tertiary alicyclic amines) is 1. The fraction of sp³-hybridized carbons (Fsp3) is 0.500. The monoisotopic (exact) mass is 274 g/mol. The van der Waals surface area contributed by atoms with Crippen LogP contribution in [0.4, 0.5) is 0 Å². The molecule has 2 aromatic rings. The molecule has 1 aliphatic heterocycles. The normalized spacial score (nSPS) is 17.9. The van der Waals surface area contributed by atoms with E-state index < -0.39 is 0 Å². The molecule has 3 rings (SSSR count). The molecule has 108 valence electrons. The van der Waals surface area contributed by atoms with Crippen LogP contribution in [0, 0.1) is 0 Å². The second-order valence-corrected chi connectivity index (χ2v) is 5.52. The number of para-hydroxylation sites is 1. The number of hydrogen-bond acceptors (Lipinski definition) is 4. The summed E-state index contributed by atoms with van der Waals surface area (Å²) in [6.45, 7) is 3.22. The van der Waals surface area contributed by atoms with E-state index in [1.807, 2.05) is 18.2 Å². The highest BCUT2D eigenvalue weighted by molar-refractivity contribution is 5.82. The van der Waals surface area contributed by atoms with E-state index in [4.69, 9.17) is 14.9 Å². The maximum atomic E-state index is 6.01. The summed E-state index contributed by atoms with van der Waals surface area (Å²) < 4.78 is 11.9. The van der Waals surface area contributed by atoms with E-state index in [1.165, 1.54) is 0 Å². The summed E-state index contributed by atoms with van der Waals surface area (Å²) in [5.74, 6) is 0.882. The van der Waals surface area contributed by atoms with Crippen molar-refractivity contribution in [3.63, 3.8) is 0 Å². The maximum Gasteiger partial charge on any atom is 0.135 e. The first-order chi connectivity index (χ1) is 9.78. The molecular formula is C16H22N2O2. The number of hydrogen-bond donors (Lipinski definition) is 1. The topological polar surface area (TPSA) is 51.6 Å². The summed E-state index contributed by atoms with van der Waals surface area (Å²) in [6.07, 6.45) is 2.52. The number of fused-ring (bicyclic) bond motifs is 1. The molecule has 0 spiro atoms. The van der Waals surface area contributed by atoms with Crippen molar-refractivity contribution in [2.45, 2.75) is 32.1 Å². The standard InChI is InChI=1S/C16H22N2O2/c1-18-8-6-12(7-9-18)19-11-16-14(10-17)13-4-2-3-5-15(13)20-16/h2-5,12H,6-11,17H2,1H3. The summed E-state index contributed by atoms with van der Waals surface area (Å²) in [5.41, 5.74) is 7.84. The van der Waals surface area contributed by atoms with Gasteiger partial charge in [-0.05, 0) is 26.0 Å². The van der Waals surface area contributed by atoms with Crippen molar-refractivity contribution in [1.29, 1.82) is 0 Å². The molecule has 0 aliphatic carbocycles. The Balaban J connectivity index is 1.71. The van der Waals surface area contributed by atoms with Crippen LogP contribution in [0.3, 0.4) is 0 Å². The number of benzene rings is 1. The minimum Gasteiger partial charge on any atom is -0.458 e. The Hall–Kier alpha value is -1.36. The van der Waals surface area contributed by atoms with E-state index in [1.54, 1.807) is 0 Å². The van der Waals surface area contributed by atoms with Gasteiger partial charge >= 0.3 is 0 Å². The molecule has 0 amide bonds. The molecule has 20 heavy (non-hydrogen) atoms. The number of nitrogens with zero attached hydrogens (tertiary/aromatic N) is 1. The van der Waals surface area contributed by atoms with Gasteiger partial charge in [-0.2, -0.15) is 0 Å². The van der Waals surface area contributed by atoms with Crippen LogP contribution in [0.1, 0.15) is 24.2 Å². The zero-order valence-corrected chi connectivity index (χ0v) is 12.0. The van der Waals surface area contributed by atoms with Crippen LogP contribution in [0.5, 0.6) is 0 Å². The van der Waals surface area contributed by atoms with Crippen molar-refractivity contribution in [2.75, 3.05) is 20.1 Å². The van der Waals surface area contributed by atoms with Gasteiger partial charge in [0.2, 0.25) is 0 Å². The van der Waals surface area contributed by atoms with Gasteiger partial charge in [0.05, 0.1) is 6.10 Å². The highest BCUT2D eigenvalue weighted by Crippen LogP contribution is 2.27. The van der Waals surface area contributed by atoms with Gasteiger partial charge in [0.15, 0.2) is 0 Å². The Bertz CT molecular complexity index is 571. The zero-order chi connectivity index (χ0) is 13.9. The summed E-state index contributed by atoms with van der Waals surface area (Å²) in [6, 6.07) is 8.03. The molecule has 4 nitrogen and oxygen atoms in total. The molecule has 0 saturated carbocycles. The number of piperidine rings is 1. The summed E-state index contributed by atoms with van der Waals surface area (Å²) in [5, 5.41) is 1.11. The molecule has 0 bridgehead atoms. The Kier molecular flexibility index (Phi) is 4.05. The number of furan rings is 1. The lowest BCUT2D eigenvalue weighted by Crippen LogP contribution is -2.34. The average molecular weight is 274 g/mol. The van der Waals surface area contributed by atoms with Crippen molar-refractivity contribution in [2.24, 2.45) is 5.73 Å². The van der Waals surface area contributed by atoms with Crippen molar-refractivity contribution in [1.82, 2.24) is 4.90 Å². The molecule has 1 aromatic carbocycles. The molecule has 0 atom stereocenters.